The molecule has 15 heavy (non-hydrogen) atoms. The van der Waals surface area contributed by atoms with Crippen molar-refractivity contribution < 1.29 is 14.3 Å². The van der Waals surface area contributed by atoms with Gasteiger partial charge in [0.2, 0.25) is 0 Å². The molecule has 0 radical (unpaired) electrons. The molecule has 3 aliphatic rings. The Morgan fingerprint density at radius 2 is 2.00 bits per heavy atom. The van der Waals surface area contributed by atoms with Crippen LogP contribution in [-0.2, 0) is 14.3 Å². The molecule has 3 heteroatoms. The van der Waals surface area contributed by atoms with Gasteiger partial charge in [0.1, 0.15) is 0 Å². The Morgan fingerprint density at radius 3 is 2.60 bits per heavy atom. The molecule has 1 aliphatic heterocycles. The minimum absolute atomic E-state index is 0.196. The Hall–Kier alpha value is -1.12. The van der Waals surface area contributed by atoms with E-state index in [9.17, 15) is 9.59 Å². The fourth-order valence-corrected chi connectivity index (χ4v) is 3.96. The molecule has 3 rings (SSSR count). The molecule has 3 nitrogen and oxygen atoms in total. The van der Waals surface area contributed by atoms with Gasteiger partial charge < -0.3 is 4.74 Å². The second-order valence-corrected chi connectivity index (χ2v) is 5.04. The van der Waals surface area contributed by atoms with Gasteiger partial charge in [0.25, 0.3) is 0 Å². The maximum absolute atomic E-state index is 11.9. The van der Waals surface area contributed by atoms with Gasteiger partial charge in [-0.1, -0.05) is 19.1 Å². The molecule has 4 atom stereocenters. The van der Waals surface area contributed by atoms with E-state index in [-0.39, 0.29) is 23.8 Å². The lowest BCUT2D eigenvalue weighted by atomic mass is 9.59. The summed E-state index contributed by atoms with van der Waals surface area (Å²) >= 11 is 0. The van der Waals surface area contributed by atoms with Crippen molar-refractivity contribution in [2.45, 2.75) is 26.7 Å². The number of hydrogen-bond donors (Lipinski definition) is 0. The first-order chi connectivity index (χ1) is 7.07. The highest BCUT2D eigenvalue weighted by atomic mass is 16.6. The number of carbonyl (C=O) groups excluding carboxylic acids is 2. The molecule has 0 N–H and O–H groups in total. The summed E-state index contributed by atoms with van der Waals surface area (Å²) in [4.78, 5) is 23.8. The molecule has 2 bridgehead atoms. The van der Waals surface area contributed by atoms with Crippen molar-refractivity contribution in [3.8, 4) is 0 Å². The maximum atomic E-state index is 11.9. The third-order valence-corrected chi connectivity index (χ3v) is 4.92. The Morgan fingerprint density at radius 1 is 1.33 bits per heavy atom. The van der Waals surface area contributed by atoms with Crippen molar-refractivity contribution in [3.63, 3.8) is 0 Å². The average Bonchev–Trinajstić information content (AvgIpc) is 2.80. The molecule has 2 aliphatic carbocycles. The minimum atomic E-state index is -0.599. The Balaban J connectivity index is 2.26. The van der Waals surface area contributed by atoms with E-state index in [1.165, 1.54) is 0 Å². The van der Waals surface area contributed by atoms with Gasteiger partial charge >= 0.3 is 11.9 Å². The average molecular weight is 206 g/mol. The topological polar surface area (TPSA) is 43.4 Å². The predicted molar refractivity (Wildman–Crippen MR) is 52.7 cm³/mol. The summed E-state index contributed by atoms with van der Waals surface area (Å²) in [5, 5.41) is 0. The molecule has 0 aromatic rings. The zero-order valence-corrected chi connectivity index (χ0v) is 8.95. The molecule has 0 spiro atoms. The van der Waals surface area contributed by atoms with Gasteiger partial charge in [0.15, 0.2) is 0 Å². The van der Waals surface area contributed by atoms with E-state index in [1.807, 2.05) is 13.8 Å². The van der Waals surface area contributed by atoms with Crippen LogP contribution < -0.4 is 0 Å². The zero-order chi connectivity index (χ0) is 10.8. The van der Waals surface area contributed by atoms with Gasteiger partial charge in [-0.3, -0.25) is 9.59 Å². The number of carbonyl (C=O) groups is 2. The maximum Gasteiger partial charge on any atom is 0.321 e. The number of rotatable bonds is 1. The number of fused-ring (bicyclic) bond motifs is 5. The fourth-order valence-electron chi connectivity index (χ4n) is 3.96. The molecule has 0 aromatic heterocycles. The lowest BCUT2D eigenvalue weighted by Crippen LogP contribution is -2.45. The Kier molecular flexibility index (Phi) is 1.42. The van der Waals surface area contributed by atoms with Crippen molar-refractivity contribution in [2.24, 2.45) is 22.7 Å². The van der Waals surface area contributed by atoms with Gasteiger partial charge in [-0.25, -0.2) is 0 Å². The Bertz CT molecular complexity index is 398. The zero-order valence-electron chi connectivity index (χ0n) is 8.95. The van der Waals surface area contributed by atoms with E-state index < -0.39 is 10.8 Å². The number of cyclic esters (lactones) is 2. The Labute approximate surface area is 88.5 Å². The smallest absolute Gasteiger partial charge is 0.321 e. The molecule has 1 saturated carbocycles. The first-order valence-electron chi connectivity index (χ1n) is 5.52. The quantitative estimate of drug-likeness (QED) is 0.372. The summed E-state index contributed by atoms with van der Waals surface area (Å²) < 4.78 is 4.89. The highest BCUT2D eigenvalue weighted by molar-refractivity contribution is 6.03. The van der Waals surface area contributed by atoms with Gasteiger partial charge in [-0.15, -0.1) is 0 Å². The molecule has 1 saturated heterocycles. The lowest BCUT2D eigenvalue weighted by molar-refractivity contribution is -0.157. The second kappa shape index (κ2) is 2.34. The van der Waals surface area contributed by atoms with Crippen LogP contribution in [0.4, 0.5) is 0 Å². The first-order valence-corrected chi connectivity index (χ1v) is 5.52. The molecule has 2 fully saturated rings. The van der Waals surface area contributed by atoms with Crippen LogP contribution in [0.25, 0.3) is 0 Å². The van der Waals surface area contributed by atoms with Crippen molar-refractivity contribution in [1.29, 1.82) is 0 Å². The molecular weight excluding hydrogens is 192 g/mol. The van der Waals surface area contributed by atoms with E-state index >= 15 is 0 Å². The third-order valence-electron chi connectivity index (χ3n) is 4.92. The number of ether oxygens (including phenoxy) is 1. The van der Waals surface area contributed by atoms with Crippen LogP contribution in [0.15, 0.2) is 12.2 Å². The van der Waals surface area contributed by atoms with Gasteiger partial charge in [0.05, 0.1) is 10.8 Å². The van der Waals surface area contributed by atoms with E-state index in [2.05, 4.69) is 12.2 Å². The van der Waals surface area contributed by atoms with Gasteiger partial charge in [0, 0.05) is 0 Å². The summed E-state index contributed by atoms with van der Waals surface area (Å²) in [6.45, 7) is 3.88. The van der Waals surface area contributed by atoms with Crippen LogP contribution in [0.5, 0.6) is 0 Å². The summed E-state index contributed by atoms with van der Waals surface area (Å²) in [6.07, 6.45) is 5.80. The first kappa shape index (κ1) is 9.13. The lowest BCUT2D eigenvalue weighted by Gasteiger charge is -2.37. The summed E-state index contributed by atoms with van der Waals surface area (Å²) in [5.41, 5.74) is -1.16. The van der Waals surface area contributed by atoms with Crippen molar-refractivity contribution >= 4 is 11.9 Å². The number of allylic oxidation sites excluding steroid dienone is 2. The summed E-state index contributed by atoms with van der Waals surface area (Å²) in [7, 11) is 0. The van der Waals surface area contributed by atoms with Crippen LogP contribution in [0.3, 0.4) is 0 Å². The largest absolute Gasteiger partial charge is 0.392 e. The van der Waals surface area contributed by atoms with E-state index in [4.69, 9.17) is 4.74 Å². The molecule has 0 amide bonds. The highest BCUT2D eigenvalue weighted by Crippen LogP contribution is 2.68. The second-order valence-electron chi connectivity index (χ2n) is 5.04. The van der Waals surface area contributed by atoms with Crippen LogP contribution >= 0.6 is 0 Å². The monoisotopic (exact) mass is 206 g/mol. The molecule has 1 heterocycles. The van der Waals surface area contributed by atoms with Crippen molar-refractivity contribution in [3.05, 3.63) is 12.2 Å². The summed E-state index contributed by atoms with van der Waals surface area (Å²) in [5.74, 6) is -0.210. The van der Waals surface area contributed by atoms with Crippen LogP contribution in [0.1, 0.15) is 26.7 Å². The third kappa shape index (κ3) is 0.665. The normalized spacial score (nSPS) is 51.1. The van der Waals surface area contributed by atoms with Gasteiger partial charge in [-0.2, -0.15) is 0 Å². The fraction of sp³-hybridized carbons (Fsp3) is 0.667. The highest BCUT2D eigenvalue weighted by Gasteiger charge is 2.75. The van der Waals surface area contributed by atoms with Crippen molar-refractivity contribution in [2.75, 3.05) is 0 Å². The molecule has 0 aromatic carbocycles. The predicted octanol–water partition coefficient (Wildman–Crippen LogP) is 1.68. The van der Waals surface area contributed by atoms with E-state index in [0.29, 0.717) is 6.42 Å². The standard InChI is InChI=1S/C12H14O3/c1-3-12-8-5-4-7(6-8)11(12,2)9(13)15-10(12)14/h4-5,7-8H,3,6H2,1-2H3. The van der Waals surface area contributed by atoms with E-state index in [1.54, 1.807) is 0 Å². The van der Waals surface area contributed by atoms with Gasteiger partial charge in [-0.05, 0) is 31.6 Å². The van der Waals surface area contributed by atoms with Crippen molar-refractivity contribution in [1.82, 2.24) is 0 Å². The van der Waals surface area contributed by atoms with Crippen LogP contribution in [0.2, 0.25) is 0 Å². The summed E-state index contributed by atoms with van der Waals surface area (Å²) in [6, 6.07) is 0. The number of esters is 2. The molecule has 4 unspecified atom stereocenters. The van der Waals surface area contributed by atoms with Crippen LogP contribution in [-0.4, -0.2) is 11.9 Å². The van der Waals surface area contributed by atoms with E-state index in [0.717, 1.165) is 6.42 Å². The number of hydrogen-bond acceptors (Lipinski definition) is 3. The SMILES string of the molecule is CCC12C(=O)OC(=O)C1(C)C1C=CC2C1. The minimum Gasteiger partial charge on any atom is -0.392 e. The molecule has 80 valence electrons. The van der Waals surface area contributed by atoms with Crippen LogP contribution in [0, 0.1) is 22.7 Å². The molecular formula is C12H14O3.